The lowest BCUT2D eigenvalue weighted by Crippen LogP contribution is -2.46. The zero-order chi connectivity index (χ0) is 18.0. The third kappa shape index (κ3) is 3.82. The molecule has 3 heteroatoms. The van der Waals surface area contributed by atoms with E-state index in [9.17, 15) is 13.9 Å². The van der Waals surface area contributed by atoms with Crippen molar-refractivity contribution in [1.29, 1.82) is 0 Å². The molecule has 1 aliphatic rings. The molecule has 1 nitrogen and oxygen atoms in total. The number of aliphatic hydroxyl groups is 1. The second kappa shape index (κ2) is 7.51. The van der Waals surface area contributed by atoms with Crippen LogP contribution in [0.5, 0.6) is 0 Å². The highest BCUT2D eigenvalue weighted by molar-refractivity contribution is 5.32. The van der Waals surface area contributed by atoms with Crippen molar-refractivity contribution < 1.29 is 13.9 Å². The molecule has 1 aromatic rings. The van der Waals surface area contributed by atoms with Crippen molar-refractivity contribution in [2.75, 3.05) is 0 Å². The minimum absolute atomic E-state index is 0.00829. The van der Waals surface area contributed by atoms with Gasteiger partial charge in [-0.1, -0.05) is 71.2 Å². The lowest BCUT2D eigenvalue weighted by atomic mass is 9.66. The molecule has 0 spiro atoms. The topological polar surface area (TPSA) is 20.2 Å². The quantitative estimate of drug-likeness (QED) is 0.693. The van der Waals surface area contributed by atoms with Crippen LogP contribution in [0.2, 0.25) is 0 Å². The number of hydrogen-bond acceptors (Lipinski definition) is 1. The van der Waals surface area contributed by atoms with E-state index in [0.29, 0.717) is 5.56 Å². The summed E-state index contributed by atoms with van der Waals surface area (Å²) in [6.07, 6.45) is 2.62. The SMILES string of the molecule is CCC(C(F)F)C(O)(c1ccc(C(C)(C)C)cc1)C1CCCCC1. The number of halogens is 2. The fourth-order valence-corrected chi connectivity index (χ4v) is 4.21. The van der Waals surface area contributed by atoms with Gasteiger partial charge < -0.3 is 5.11 Å². The van der Waals surface area contributed by atoms with Crippen molar-refractivity contribution in [1.82, 2.24) is 0 Å². The Bertz CT molecular complexity index is 512. The summed E-state index contributed by atoms with van der Waals surface area (Å²) in [7, 11) is 0. The van der Waals surface area contributed by atoms with Gasteiger partial charge in [0.05, 0.1) is 5.92 Å². The van der Waals surface area contributed by atoms with Crippen LogP contribution in [0, 0.1) is 11.8 Å². The maximum Gasteiger partial charge on any atom is 0.244 e. The number of benzene rings is 1. The Morgan fingerprint density at radius 1 is 1.00 bits per heavy atom. The summed E-state index contributed by atoms with van der Waals surface area (Å²) >= 11 is 0. The van der Waals surface area contributed by atoms with E-state index in [0.717, 1.165) is 37.7 Å². The molecule has 136 valence electrons. The predicted octanol–water partition coefficient (Wildman–Crippen LogP) is 6.04. The largest absolute Gasteiger partial charge is 0.384 e. The van der Waals surface area contributed by atoms with Gasteiger partial charge in [-0.2, -0.15) is 0 Å². The molecule has 0 heterocycles. The minimum Gasteiger partial charge on any atom is -0.384 e. The Morgan fingerprint density at radius 3 is 1.92 bits per heavy atom. The van der Waals surface area contributed by atoms with Crippen molar-refractivity contribution in [3.8, 4) is 0 Å². The van der Waals surface area contributed by atoms with E-state index >= 15 is 0 Å². The molecule has 24 heavy (non-hydrogen) atoms. The molecule has 0 aromatic heterocycles. The zero-order valence-corrected chi connectivity index (χ0v) is 15.5. The molecule has 1 aliphatic carbocycles. The van der Waals surface area contributed by atoms with E-state index in [-0.39, 0.29) is 17.8 Å². The molecule has 0 aliphatic heterocycles. The van der Waals surface area contributed by atoms with Gasteiger partial charge in [0, 0.05) is 0 Å². The van der Waals surface area contributed by atoms with Gasteiger partial charge in [-0.25, -0.2) is 8.78 Å². The minimum atomic E-state index is -2.51. The van der Waals surface area contributed by atoms with Gasteiger partial charge >= 0.3 is 0 Å². The van der Waals surface area contributed by atoms with Crippen LogP contribution >= 0.6 is 0 Å². The highest BCUT2D eigenvalue weighted by Gasteiger charge is 2.48. The second-order valence-electron chi connectivity index (χ2n) is 8.34. The van der Waals surface area contributed by atoms with Crippen LogP contribution in [0.1, 0.15) is 77.3 Å². The average Bonchev–Trinajstić information content (AvgIpc) is 2.55. The van der Waals surface area contributed by atoms with Crippen LogP contribution in [-0.2, 0) is 11.0 Å². The van der Waals surface area contributed by atoms with E-state index in [1.807, 2.05) is 24.3 Å². The van der Waals surface area contributed by atoms with Crippen molar-refractivity contribution in [3.05, 3.63) is 35.4 Å². The lowest BCUT2D eigenvalue weighted by Gasteiger charge is -2.44. The molecule has 1 N–H and O–H groups in total. The number of alkyl halides is 2. The monoisotopic (exact) mass is 338 g/mol. The van der Waals surface area contributed by atoms with Crippen LogP contribution < -0.4 is 0 Å². The Morgan fingerprint density at radius 2 is 1.50 bits per heavy atom. The van der Waals surface area contributed by atoms with E-state index in [4.69, 9.17) is 0 Å². The van der Waals surface area contributed by atoms with Crippen LogP contribution in [0.3, 0.4) is 0 Å². The van der Waals surface area contributed by atoms with Crippen LogP contribution in [-0.4, -0.2) is 11.5 Å². The Labute approximate surface area is 145 Å². The summed E-state index contributed by atoms with van der Waals surface area (Å²) in [5, 5.41) is 11.6. The molecule has 1 fully saturated rings. The Kier molecular flexibility index (Phi) is 6.06. The summed E-state index contributed by atoms with van der Waals surface area (Å²) in [5.41, 5.74) is 0.394. The summed E-state index contributed by atoms with van der Waals surface area (Å²) < 4.78 is 27.5. The van der Waals surface area contributed by atoms with Crippen molar-refractivity contribution in [3.63, 3.8) is 0 Å². The van der Waals surface area contributed by atoms with Gasteiger partial charge in [0.25, 0.3) is 0 Å². The van der Waals surface area contributed by atoms with Crippen LogP contribution in [0.4, 0.5) is 8.78 Å². The lowest BCUT2D eigenvalue weighted by molar-refractivity contribution is -0.136. The first kappa shape index (κ1) is 19.4. The molecule has 0 saturated heterocycles. The van der Waals surface area contributed by atoms with E-state index in [1.54, 1.807) is 6.92 Å². The third-order valence-electron chi connectivity index (χ3n) is 5.75. The molecule has 2 atom stereocenters. The molecular formula is C21H32F2O. The first-order valence-electron chi connectivity index (χ1n) is 9.32. The Hall–Kier alpha value is -0.960. The van der Waals surface area contributed by atoms with Gasteiger partial charge in [0.15, 0.2) is 0 Å². The summed E-state index contributed by atoms with van der Waals surface area (Å²) in [5.74, 6) is -1.09. The highest BCUT2D eigenvalue weighted by atomic mass is 19.3. The fraction of sp³-hybridized carbons (Fsp3) is 0.714. The van der Waals surface area contributed by atoms with E-state index < -0.39 is 17.9 Å². The summed E-state index contributed by atoms with van der Waals surface area (Å²) in [6, 6.07) is 7.73. The van der Waals surface area contributed by atoms with Crippen molar-refractivity contribution in [2.24, 2.45) is 11.8 Å². The van der Waals surface area contributed by atoms with Gasteiger partial charge in [-0.15, -0.1) is 0 Å². The molecule has 0 amide bonds. The number of rotatable bonds is 5. The van der Waals surface area contributed by atoms with E-state index in [2.05, 4.69) is 20.8 Å². The molecule has 2 rings (SSSR count). The van der Waals surface area contributed by atoms with E-state index in [1.165, 1.54) is 0 Å². The molecule has 0 bridgehead atoms. The first-order valence-corrected chi connectivity index (χ1v) is 9.32. The smallest absolute Gasteiger partial charge is 0.244 e. The fourth-order valence-electron chi connectivity index (χ4n) is 4.21. The summed E-state index contributed by atoms with van der Waals surface area (Å²) in [6.45, 7) is 8.14. The molecule has 1 saturated carbocycles. The van der Waals surface area contributed by atoms with Crippen molar-refractivity contribution >= 4 is 0 Å². The third-order valence-corrected chi connectivity index (χ3v) is 5.75. The molecular weight excluding hydrogens is 306 g/mol. The van der Waals surface area contributed by atoms with Gasteiger partial charge in [0.2, 0.25) is 6.43 Å². The predicted molar refractivity (Wildman–Crippen MR) is 95.4 cm³/mol. The molecule has 1 aromatic carbocycles. The normalized spacial score (nSPS) is 20.8. The van der Waals surface area contributed by atoms with Gasteiger partial charge in [0.1, 0.15) is 5.60 Å². The zero-order valence-electron chi connectivity index (χ0n) is 15.5. The van der Waals surface area contributed by atoms with Gasteiger partial charge in [-0.3, -0.25) is 0 Å². The first-order chi connectivity index (χ1) is 11.2. The molecule has 2 unspecified atom stereocenters. The second-order valence-corrected chi connectivity index (χ2v) is 8.34. The van der Waals surface area contributed by atoms with Crippen molar-refractivity contribution in [2.45, 2.75) is 83.7 Å². The maximum atomic E-state index is 13.7. The maximum absolute atomic E-state index is 13.7. The van der Waals surface area contributed by atoms with Crippen LogP contribution in [0.15, 0.2) is 24.3 Å². The van der Waals surface area contributed by atoms with Crippen LogP contribution in [0.25, 0.3) is 0 Å². The standard InChI is InChI=1S/C21H32F2O/c1-5-18(19(22)23)21(24,16-9-7-6-8-10-16)17-13-11-15(12-14-17)20(2,3)4/h11-14,16,18-19,24H,5-10H2,1-4H3. The average molecular weight is 338 g/mol. The highest BCUT2D eigenvalue weighted by Crippen LogP contribution is 2.47. The summed E-state index contributed by atoms with van der Waals surface area (Å²) in [4.78, 5) is 0. The molecule has 0 radical (unpaired) electrons. The number of hydrogen-bond donors (Lipinski definition) is 1. The Balaban J connectivity index is 2.45. The van der Waals surface area contributed by atoms with Gasteiger partial charge in [-0.05, 0) is 41.7 Å².